The molecule has 1 aromatic carbocycles. The van der Waals surface area contributed by atoms with Crippen molar-refractivity contribution in [2.24, 2.45) is 0 Å². The van der Waals surface area contributed by atoms with E-state index >= 15 is 0 Å². The Morgan fingerprint density at radius 2 is 2.21 bits per heavy atom. The number of rotatable bonds is 5. The first-order chi connectivity index (χ1) is 9.11. The van der Waals surface area contributed by atoms with Crippen LogP contribution in [0.4, 0.5) is 0 Å². The summed E-state index contributed by atoms with van der Waals surface area (Å²) in [7, 11) is 0. The van der Waals surface area contributed by atoms with E-state index in [2.05, 4.69) is 36.8 Å². The Bertz CT molecular complexity index is 598. The van der Waals surface area contributed by atoms with Gasteiger partial charge in [0.2, 0.25) is 0 Å². The van der Waals surface area contributed by atoms with Crippen molar-refractivity contribution < 1.29 is 4.79 Å². The highest BCUT2D eigenvalue weighted by Crippen LogP contribution is 2.23. The first kappa shape index (κ1) is 14.7. The van der Waals surface area contributed by atoms with Crippen molar-refractivity contribution >= 4 is 48.5 Å². The number of fused-ring (bicyclic) bond motifs is 1. The summed E-state index contributed by atoms with van der Waals surface area (Å²) in [5.74, 6) is 0.261. The lowest BCUT2D eigenvalue weighted by Gasteiger charge is -2.10. The number of carbonyl (C=O) groups excluding carboxylic acids is 1. The Labute approximate surface area is 129 Å². The molecule has 0 fully saturated rings. The number of ketones is 1. The van der Waals surface area contributed by atoms with Gasteiger partial charge in [-0.05, 0) is 40.4 Å². The molecule has 0 amide bonds. The van der Waals surface area contributed by atoms with Gasteiger partial charge in [-0.1, -0.05) is 41.1 Å². The smallest absolute Gasteiger partial charge is 0.146 e. The second-order valence-corrected chi connectivity index (χ2v) is 6.55. The molecule has 0 spiro atoms. The van der Waals surface area contributed by atoms with Crippen LogP contribution in [0.1, 0.15) is 25.3 Å². The molecule has 0 saturated heterocycles. The van der Waals surface area contributed by atoms with Crippen molar-refractivity contribution in [3.05, 3.63) is 40.5 Å². The van der Waals surface area contributed by atoms with Crippen molar-refractivity contribution in [1.29, 1.82) is 0 Å². The summed E-state index contributed by atoms with van der Waals surface area (Å²) in [4.78, 5) is 16.2. The summed E-state index contributed by atoms with van der Waals surface area (Å²) >= 11 is 6.92. The van der Waals surface area contributed by atoms with Gasteiger partial charge in [-0.3, -0.25) is 9.78 Å². The van der Waals surface area contributed by atoms with Gasteiger partial charge in [0.05, 0.1) is 10.3 Å². The lowest BCUT2D eigenvalue weighted by molar-refractivity contribution is -0.118. The molecule has 4 heteroatoms. The average molecular weight is 385 g/mol. The predicted molar refractivity (Wildman–Crippen MR) is 85.8 cm³/mol. The maximum atomic E-state index is 11.9. The van der Waals surface area contributed by atoms with Crippen LogP contribution in [0.15, 0.2) is 34.9 Å². The zero-order valence-electron chi connectivity index (χ0n) is 10.7. The number of alkyl halides is 1. The highest BCUT2D eigenvalue weighted by Gasteiger charge is 2.16. The van der Waals surface area contributed by atoms with E-state index in [1.165, 1.54) is 0 Å². The summed E-state index contributed by atoms with van der Waals surface area (Å²) < 4.78 is 0.967. The SMILES string of the molecule is CCCC(=O)C(Br)Cc1cccc2cc(Br)cnc12. The van der Waals surface area contributed by atoms with E-state index in [0.717, 1.165) is 27.4 Å². The minimum atomic E-state index is -0.122. The topological polar surface area (TPSA) is 30.0 Å². The minimum Gasteiger partial charge on any atom is -0.298 e. The van der Waals surface area contributed by atoms with Gasteiger partial charge in [0.15, 0.2) is 0 Å². The largest absolute Gasteiger partial charge is 0.298 e. The van der Waals surface area contributed by atoms with Gasteiger partial charge < -0.3 is 0 Å². The van der Waals surface area contributed by atoms with Crippen LogP contribution >= 0.6 is 31.9 Å². The van der Waals surface area contributed by atoms with Gasteiger partial charge in [-0.15, -0.1) is 0 Å². The fraction of sp³-hybridized carbons (Fsp3) is 0.333. The van der Waals surface area contributed by atoms with Crippen molar-refractivity contribution in [3.8, 4) is 0 Å². The molecular weight excluding hydrogens is 370 g/mol. The first-order valence-electron chi connectivity index (χ1n) is 6.31. The van der Waals surface area contributed by atoms with Gasteiger partial charge in [-0.25, -0.2) is 0 Å². The monoisotopic (exact) mass is 383 g/mol. The van der Waals surface area contributed by atoms with Gasteiger partial charge in [0.25, 0.3) is 0 Å². The second-order valence-electron chi connectivity index (χ2n) is 4.53. The van der Waals surface area contributed by atoms with Gasteiger partial charge >= 0.3 is 0 Å². The standard InChI is InChI=1S/C15H15Br2NO/c1-2-4-14(19)13(17)8-11-6-3-5-10-7-12(16)9-18-15(10)11/h3,5-7,9,13H,2,4,8H2,1H3. The summed E-state index contributed by atoms with van der Waals surface area (Å²) in [5.41, 5.74) is 2.08. The lowest BCUT2D eigenvalue weighted by Crippen LogP contribution is -2.16. The zero-order valence-corrected chi connectivity index (χ0v) is 13.9. The van der Waals surface area contributed by atoms with E-state index in [9.17, 15) is 4.79 Å². The Balaban J connectivity index is 2.28. The van der Waals surface area contributed by atoms with Crippen LogP contribution in [0.5, 0.6) is 0 Å². The van der Waals surface area contributed by atoms with Crippen LogP contribution in [0, 0.1) is 0 Å². The molecule has 1 aromatic heterocycles. The summed E-state index contributed by atoms with van der Waals surface area (Å²) in [6.45, 7) is 2.02. The Morgan fingerprint density at radius 3 is 2.95 bits per heavy atom. The lowest BCUT2D eigenvalue weighted by atomic mass is 10.0. The number of benzene rings is 1. The van der Waals surface area contributed by atoms with Crippen molar-refractivity contribution in [2.45, 2.75) is 31.0 Å². The van der Waals surface area contributed by atoms with E-state index in [0.29, 0.717) is 12.8 Å². The molecule has 0 radical (unpaired) electrons. The maximum Gasteiger partial charge on any atom is 0.146 e. The van der Waals surface area contributed by atoms with Crippen LogP contribution in [0.2, 0.25) is 0 Å². The maximum absolute atomic E-state index is 11.9. The fourth-order valence-corrected chi connectivity index (χ4v) is 3.00. The summed E-state index contributed by atoms with van der Waals surface area (Å²) in [5, 5.41) is 1.09. The molecule has 1 atom stereocenters. The number of aromatic nitrogens is 1. The number of carbonyl (C=O) groups is 1. The highest BCUT2D eigenvalue weighted by atomic mass is 79.9. The number of halogens is 2. The van der Waals surface area contributed by atoms with Crippen molar-refractivity contribution in [3.63, 3.8) is 0 Å². The zero-order chi connectivity index (χ0) is 13.8. The normalized spacial score (nSPS) is 12.6. The molecule has 0 aliphatic carbocycles. The quantitative estimate of drug-likeness (QED) is 0.701. The van der Waals surface area contributed by atoms with Crippen LogP contribution in [-0.2, 0) is 11.2 Å². The average Bonchev–Trinajstić information content (AvgIpc) is 2.38. The number of Topliss-reactive ketones (excluding diaryl/α,β-unsaturated/α-hetero) is 1. The Hall–Kier alpha value is -0.740. The van der Waals surface area contributed by atoms with E-state index in [1.54, 1.807) is 6.20 Å². The summed E-state index contributed by atoms with van der Waals surface area (Å²) in [6, 6.07) is 8.13. The molecule has 0 saturated carbocycles. The first-order valence-corrected chi connectivity index (χ1v) is 8.02. The minimum absolute atomic E-state index is 0.122. The molecule has 100 valence electrons. The molecular formula is C15H15Br2NO. The number of hydrogen-bond donors (Lipinski definition) is 0. The van der Waals surface area contributed by atoms with Crippen LogP contribution in [0.25, 0.3) is 10.9 Å². The Morgan fingerprint density at radius 1 is 1.42 bits per heavy atom. The van der Waals surface area contributed by atoms with Crippen molar-refractivity contribution in [2.75, 3.05) is 0 Å². The third-order valence-electron chi connectivity index (χ3n) is 3.01. The van der Waals surface area contributed by atoms with Gasteiger partial charge in [-0.2, -0.15) is 0 Å². The van der Waals surface area contributed by atoms with Gasteiger partial charge in [0, 0.05) is 22.5 Å². The summed E-state index contributed by atoms with van der Waals surface area (Å²) in [6.07, 6.45) is 4.00. The molecule has 2 aromatic rings. The van der Waals surface area contributed by atoms with Crippen molar-refractivity contribution in [1.82, 2.24) is 4.98 Å². The molecule has 2 nitrogen and oxygen atoms in total. The molecule has 1 heterocycles. The predicted octanol–water partition coefficient (Wildman–Crippen LogP) is 4.67. The number of nitrogens with zero attached hydrogens (tertiary/aromatic N) is 1. The molecule has 0 aliphatic rings. The fourth-order valence-electron chi connectivity index (χ4n) is 2.07. The second kappa shape index (κ2) is 6.62. The van der Waals surface area contributed by atoms with Crippen LogP contribution < -0.4 is 0 Å². The van der Waals surface area contributed by atoms with E-state index in [-0.39, 0.29) is 10.6 Å². The van der Waals surface area contributed by atoms with Crippen LogP contribution in [-0.4, -0.2) is 15.6 Å². The molecule has 1 unspecified atom stereocenters. The van der Waals surface area contributed by atoms with Gasteiger partial charge in [0.1, 0.15) is 5.78 Å². The molecule has 2 rings (SSSR count). The van der Waals surface area contributed by atoms with E-state index in [1.807, 2.05) is 31.2 Å². The molecule has 0 bridgehead atoms. The number of para-hydroxylation sites is 1. The van der Waals surface area contributed by atoms with E-state index < -0.39 is 0 Å². The van der Waals surface area contributed by atoms with E-state index in [4.69, 9.17) is 0 Å². The van der Waals surface area contributed by atoms with Crippen LogP contribution in [0.3, 0.4) is 0 Å². The third kappa shape index (κ3) is 3.63. The number of hydrogen-bond acceptors (Lipinski definition) is 2. The Kier molecular flexibility index (Phi) is 5.11. The number of pyridine rings is 1. The molecule has 0 aliphatic heterocycles. The highest BCUT2D eigenvalue weighted by molar-refractivity contribution is 9.10. The molecule has 0 N–H and O–H groups in total. The third-order valence-corrected chi connectivity index (χ3v) is 4.27. The molecule has 19 heavy (non-hydrogen) atoms.